The van der Waals surface area contributed by atoms with Crippen LogP contribution in [0.5, 0.6) is 0 Å². The van der Waals surface area contributed by atoms with Crippen LogP contribution in [0.2, 0.25) is 0 Å². The highest BCUT2D eigenvalue weighted by atomic mass is 15.1. The molecule has 1 heterocycles. The van der Waals surface area contributed by atoms with Crippen molar-refractivity contribution in [2.45, 2.75) is 47.0 Å². The summed E-state index contributed by atoms with van der Waals surface area (Å²) in [7, 11) is 0. The van der Waals surface area contributed by atoms with Crippen molar-refractivity contribution in [3.05, 3.63) is 71.0 Å². The van der Waals surface area contributed by atoms with Gasteiger partial charge in [0.05, 0.1) is 5.69 Å². The Morgan fingerprint density at radius 2 is 1.71 bits per heavy atom. The first kappa shape index (κ1) is 16.5. The summed E-state index contributed by atoms with van der Waals surface area (Å²) in [5.41, 5.74) is 7.72. The first-order valence-electron chi connectivity index (χ1n) is 8.73. The number of rotatable bonds is 4. The molecule has 0 aliphatic heterocycles. The molecule has 0 amide bonds. The molecule has 0 aliphatic rings. The molecule has 3 aromatic rings. The zero-order valence-corrected chi connectivity index (χ0v) is 15.3. The van der Waals surface area contributed by atoms with E-state index in [0.717, 1.165) is 12.2 Å². The maximum absolute atomic E-state index is 4.71. The Hall–Kier alpha value is -2.35. The monoisotopic (exact) mass is 318 g/mol. The van der Waals surface area contributed by atoms with Crippen molar-refractivity contribution < 1.29 is 0 Å². The van der Waals surface area contributed by atoms with E-state index >= 15 is 0 Å². The molecule has 2 heteroatoms. The number of imidazole rings is 1. The second-order valence-electron chi connectivity index (χ2n) is 6.76. The zero-order valence-electron chi connectivity index (χ0n) is 15.3. The fraction of sp³-hybridized carbons (Fsp3) is 0.318. The van der Waals surface area contributed by atoms with Crippen molar-refractivity contribution in [2.24, 2.45) is 0 Å². The molecule has 24 heavy (non-hydrogen) atoms. The third kappa shape index (κ3) is 2.89. The van der Waals surface area contributed by atoms with E-state index in [4.69, 9.17) is 4.98 Å². The molecule has 0 saturated carbocycles. The van der Waals surface area contributed by atoms with Gasteiger partial charge >= 0.3 is 0 Å². The van der Waals surface area contributed by atoms with Crippen molar-refractivity contribution in [2.75, 3.05) is 0 Å². The SMILES string of the molecule is CCC(C)c1ccccc1-c1nccn1-c1c(C)cc(C)cc1C. The minimum Gasteiger partial charge on any atom is -0.299 e. The van der Waals surface area contributed by atoms with Gasteiger partial charge in [0.2, 0.25) is 0 Å². The van der Waals surface area contributed by atoms with Gasteiger partial charge in [-0.05, 0) is 49.8 Å². The molecule has 0 aliphatic carbocycles. The van der Waals surface area contributed by atoms with Gasteiger partial charge in [0.15, 0.2) is 0 Å². The fourth-order valence-corrected chi connectivity index (χ4v) is 3.59. The van der Waals surface area contributed by atoms with Crippen LogP contribution >= 0.6 is 0 Å². The molecule has 2 nitrogen and oxygen atoms in total. The summed E-state index contributed by atoms with van der Waals surface area (Å²) in [5.74, 6) is 1.55. The number of hydrogen-bond donors (Lipinski definition) is 0. The van der Waals surface area contributed by atoms with Crippen LogP contribution in [0.25, 0.3) is 17.1 Å². The van der Waals surface area contributed by atoms with E-state index in [9.17, 15) is 0 Å². The van der Waals surface area contributed by atoms with E-state index in [-0.39, 0.29) is 0 Å². The van der Waals surface area contributed by atoms with E-state index in [1.165, 1.54) is 33.5 Å². The standard InChI is InChI=1S/C22H26N2/c1-6-16(3)19-9-7-8-10-20(19)22-23-11-12-24(22)21-17(4)13-15(2)14-18(21)5/h7-14,16H,6H2,1-5H3. The van der Waals surface area contributed by atoms with Crippen LogP contribution in [0.3, 0.4) is 0 Å². The summed E-state index contributed by atoms with van der Waals surface area (Å²) in [6.45, 7) is 11.0. The molecule has 3 rings (SSSR count). The Kier molecular flexibility index (Phi) is 4.57. The Morgan fingerprint density at radius 3 is 2.38 bits per heavy atom. The molecule has 0 bridgehead atoms. The summed E-state index contributed by atoms with van der Waals surface area (Å²) in [6, 6.07) is 13.1. The van der Waals surface area contributed by atoms with Gasteiger partial charge in [-0.3, -0.25) is 4.57 Å². The Labute approximate surface area is 145 Å². The molecule has 0 saturated heterocycles. The van der Waals surface area contributed by atoms with E-state index in [1.807, 2.05) is 6.20 Å². The van der Waals surface area contributed by atoms with Crippen LogP contribution in [-0.2, 0) is 0 Å². The summed E-state index contributed by atoms with van der Waals surface area (Å²) >= 11 is 0. The molecule has 2 aromatic carbocycles. The predicted molar refractivity (Wildman–Crippen MR) is 102 cm³/mol. The van der Waals surface area contributed by atoms with E-state index < -0.39 is 0 Å². The highest BCUT2D eigenvalue weighted by molar-refractivity contribution is 5.65. The van der Waals surface area contributed by atoms with Crippen LogP contribution in [-0.4, -0.2) is 9.55 Å². The van der Waals surface area contributed by atoms with Crippen molar-refractivity contribution in [3.63, 3.8) is 0 Å². The number of hydrogen-bond acceptors (Lipinski definition) is 1. The van der Waals surface area contributed by atoms with Gasteiger partial charge in [-0.25, -0.2) is 4.98 Å². The van der Waals surface area contributed by atoms with Gasteiger partial charge < -0.3 is 0 Å². The largest absolute Gasteiger partial charge is 0.299 e. The summed E-state index contributed by atoms with van der Waals surface area (Å²) < 4.78 is 2.24. The van der Waals surface area contributed by atoms with Crippen LogP contribution in [0.1, 0.15) is 48.4 Å². The van der Waals surface area contributed by atoms with Crippen LogP contribution in [0, 0.1) is 20.8 Å². The maximum Gasteiger partial charge on any atom is 0.144 e. The van der Waals surface area contributed by atoms with Gasteiger partial charge in [-0.15, -0.1) is 0 Å². The Balaban J connectivity index is 2.21. The van der Waals surface area contributed by atoms with Crippen molar-refractivity contribution >= 4 is 0 Å². The number of aromatic nitrogens is 2. The van der Waals surface area contributed by atoms with E-state index in [2.05, 4.69) is 81.8 Å². The lowest BCUT2D eigenvalue weighted by Crippen LogP contribution is -2.04. The molecule has 0 fully saturated rings. The second kappa shape index (κ2) is 6.64. The van der Waals surface area contributed by atoms with Crippen LogP contribution < -0.4 is 0 Å². The number of aryl methyl sites for hydroxylation is 3. The lowest BCUT2D eigenvalue weighted by atomic mass is 9.93. The molecule has 1 aromatic heterocycles. The van der Waals surface area contributed by atoms with Crippen molar-refractivity contribution in [1.82, 2.24) is 9.55 Å². The van der Waals surface area contributed by atoms with Gasteiger partial charge in [-0.1, -0.05) is 55.8 Å². The quantitative estimate of drug-likeness (QED) is 0.578. The summed E-state index contributed by atoms with van der Waals surface area (Å²) in [5, 5.41) is 0. The maximum atomic E-state index is 4.71. The molecular weight excluding hydrogens is 292 g/mol. The van der Waals surface area contributed by atoms with E-state index in [0.29, 0.717) is 5.92 Å². The summed E-state index contributed by atoms with van der Waals surface area (Å²) in [4.78, 5) is 4.71. The Morgan fingerprint density at radius 1 is 1.04 bits per heavy atom. The highest BCUT2D eigenvalue weighted by Gasteiger charge is 2.16. The molecule has 124 valence electrons. The molecule has 1 unspecified atom stereocenters. The third-order valence-electron chi connectivity index (χ3n) is 4.86. The minimum atomic E-state index is 0.520. The second-order valence-corrected chi connectivity index (χ2v) is 6.76. The molecule has 0 radical (unpaired) electrons. The first-order chi connectivity index (χ1) is 11.5. The Bertz CT molecular complexity index is 835. The molecule has 0 spiro atoms. The average Bonchev–Trinajstić information content (AvgIpc) is 3.02. The van der Waals surface area contributed by atoms with Gasteiger partial charge in [0, 0.05) is 18.0 Å². The lowest BCUT2D eigenvalue weighted by Gasteiger charge is -2.18. The predicted octanol–water partition coefficient (Wildman–Crippen LogP) is 5.98. The van der Waals surface area contributed by atoms with Crippen molar-refractivity contribution in [3.8, 4) is 17.1 Å². The minimum absolute atomic E-state index is 0.520. The molecular formula is C22H26N2. The fourth-order valence-electron chi connectivity index (χ4n) is 3.59. The normalized spacial score (nSPS) is 12.4. The average molecular weight is 318 g/mol. The van der Waals surface area contributed by atoms with Gasteiger partial charge in [-0.2, -0.15) is 0 Å². The first-order valence-corrected chi connectivity index (χ1v) is 8.73. The molecule has 1 atom stereocenters. The van der Waals surface area contributed by atoms with Crippen LogP contribution in [0.15, 0.2) is 48.8 Å². The highest BCUT2D eigenvalue weighted by Crippen LogP contribution is 2.32. The lowest BCUT2D eigenvalue weighted by molar-refractivity contribution is 0.734. The topological polar surface area (TPSA) is 17.8 Å². The van der Waals surface area contributed by atoms with Gasteiger partial charge in [0.25, 0.3) is 0 Å². The zero-order chi connectivity index (χ0) is 17.3. The number of benzene rings is 2. The van der Waals surface area contributed by atoms with Crippen LogP contribution in [0.4, 0.5) is 0 Å². The molecule has 0 N–H and O–H groups in total. The van der Waals surface area contributed by atoms with Crippen molar-refractivity contribution in [1.29, 1.82) is 0 Å². The third-order valence-corrected chi connectivity index (χ3v) is 4.86. The smallest absolute Gasteiger partial charge is 0.144 e. The summed E-state index contributed by atoms with van der Waals surface area (Å²) in [6.07, 6.45) is 5.11. The van der Waals surface area contributed by atoms with E-state index in [1.54, 1.807) is 0 Å². The number of nitrogens with zero attached hydrogens (tertiary/aromatic N) is 2. The van der Waals surface area contributed by atoms with Gasteiger partial charge in [0.1, 0.15) is 5.82 Å².